The third-order valence-electron chi connectivity index (χ3n) is 2.69. The molecule has 0 aliphatic rings. The Morgan fingerprint density at radius 3 is 2.36 bits per heavy atom. The lowest BCUT2D eigenvalue weighted by Crippen LogP contribution is -2.20. The number of carbonyl (C=O) groups excluding carboxylic acids is 1. The summed E-state index contributed by atoms with van der Waals surface area (Å²) in [5, 5.41) is 15.3. The van der Waals surface area contributed by atoms with Crippen LogP contribution >= 0.6 is 59.4 Å². The molecule has 0 fully saturated rings. The number of urea groups is 1. The predicted molar refractivity (Wildman–Crippen MR) is 99.6 cm³/mol. The summed E-state index contributed by atoms with van der Waals surface area (Å²) in [6, 6.07) is 8.16. The first-order valence-electron chi connectivity index (χ1n) is 6.02. The zero-order chi connectivity index (χ0) is 16.3. The Kier molecular flexibility index (Phi) is 6.28. The number of hydrogen-bond donors (Lipinski definition) is 3. The van der Waals surface area contributed by atoms with Crippen molar-refractivity contribution in [3.05, 3.63) is 54.3 Å². The summed E-state index contributed by atoms with van der Waals surface area (Å²) in [7, 11) is 0. The number of amides is 2. The van der Waals surface area contributed by atoms with Crippen LogP contribution in [0.3, 0.4) is 0 Å². The fraction of sp³-hybridized carbons (Fsp3) is 0.0714. The van der Waals surface area contributed by atoms with E-state index in [1.165, 1.54) is 0 Å². The molecule has 2 amide bonds. The molecule has 0 atom stereocenters. The van der Waals surface area contributed by atoms with E-state index in [-0.39, 0.29) is 6.61 Å². The zero-order valence-electron chi connectivity index (χ0n) is 11.0. The minimum Gasteiger partial charge on any atom is -0.392 e. The summed E-state index contributed by atoms with van der Waals surface area (Å²) in [6.45, 7) is -0.202. The van der Waals surface area contributed by atoms with Crippen molar-refractivity contribution in [3.8, 4) is 0 Å². The predicted octanol–water partition coefficient (Wildman–Crippen LogP) is 5.76. The molecule has 2 aromatic carbocycles. The van der Waals surface area contributed by atoms with E-state index in [4.69, 9.17) is 11.6 Å². The van der Waals surface area contributed by atoms with Gasteiger partial charge in [-0.05, 0) is 30.3 Å². The van der Waals surface area contributed by atoms with Crippen LogP contribution in [0.15, 0.2) is 43.7 Å². The van der Waals surface area contributed by atoms with Crippen molar-refractivity contribution in [2.75, 3.05) is 10.6 Å². The molecular formula is C14H10Br3ClN2O2. The van der Waals surface area contributed by atoms with Gasteiger partial charge in [-0.25, -0.2) is 4.79 Å². The number of aliphatic hydroxyl groups is 1. The molecule has 0 unspecified atom stereocenters. The molecule has 0 radical (unpaired) electrons. The molecule has 0 heterocycles. The van der Waals surface area contributed by atoms with E-state index in [2.05, 4.69) is 58.4 Å². The van der Waals surface area contributed by atoms with Crippen LogP contribution in [-0.4, -0.2) is 11.1 Å². The number of hydrogen-bond acceptors (Lipinski definition) is 2. The second-order valence-corrected chi connectivity index (χ2v) is 7.43. The lowest BCUT2D eigenvalue weighted by Gasteiger charge is -2.13. The smallest absolute Gasteiger partial charge is 0.323 e. The maximum absolute atomic E-state index is 12.1. The van der Waals surface area contributed by atoms with Crippen molar-refractivity contribution >= 4 is 76.8 Å². The van der Waals surface area contributed by atoms with Gasteiger partial charge < -0.3 is 15.7 Å². The minimum atomic E-state index is -0.436. The molecule has 8 heteroatoms. The van der Waals surface area contributed by atoms with Crippen LogP contribution in [0.4, 0.5) is 16.2 Å². The Morgan fingerprint density at radius 1 is 1.05 bits per heavy atom. The molecule has 3 N–H and O–H groups in total. The first-order valence-corrected chi connectivity index (χ1v) is 8.77. The van der Waals surface area contributed by atoms with E-state index in [1.54, 1.807) is 30.3 Å². The van der Waals surface area contributed by atoms with Gasteiger partial charge in [0.15, 0.2) is 0 Å². The highest BCUT2D eigenvalue weighted by atomic mass is 79.9. The van der Waals surface area contributed by atoms with Gasteiger partial charge in [-0.2, -0.15) is 0 Å². The van der Waals surface area contributed by atoms with Crippen LogP contribution in [0.1, 0.15) is 5.56 Å². The topological polar surface area (TPSA) is 61.4 Å². The first kappa shape index (κ1) is 17.7. The first-order chi connectivity index (χ1) is 10.4. The van der Waals surface area contributed by atoms with Gasteiger partial charge in [-0.15, -0.1) is 0 Å². The number of halogens is 4. The van der Waals surface area contributed by atoms with Gasteiger partial charge in [0.05, 0.1) is 12.3 Å². The molecule has 0 aromatic heterocycles. The molecular weight excluding hydrogens is 503 g/mol. The number of aliphatic hydroxyl groups excluding tert-OH is 1. The molecule has 0 aliphatic heterocycles. The van der Waals surface area contributed by atoms with Crippen molar-refractivity contribution in [3.63, 3.8) is 0 Å². The molecule has 0 saturated heterocycles. The highest BCUT2D eigenvalue weighted by Gasteiger charge is 2.11. The molecule has 0 saturated carbocycles. The van der Waals surface area contributed by atoms with E-state index in [0.717, 1.165) is 8.95 Å². The molecule has 22 heavy (non-hydrogen) atoms. The molecule has 2 rings (SSSR count). The van der Waals surface area contributed by atoms with Crippen LogP contribution in [-0.2, 0) is 6.61 Å². The lowest BCUT2D eigenvalue weighted by molar-refractivity contribution is 0.262. The van der Waals surface area contributed by atoms with Gasteiger partial charge in [0.25, 0.3) is 0 Å². The van der Waals surface area contributed by atoms with Crippen molar-refractivity contribution < 1.29 is 9.90 Å². The van der Waals surface area contributed by atoms with Crippen molar-refractivity contribution in [2.45, 2.75) is 6.61 Å². The standard InChI is InChI=1S/C14H10Br3ClN2O2/c15-7-1-9(18)5-10(2-7)19-14(22)20-13-4-8(16)3-12(17)11(13)6-21/h1-5,21H,6H2,(H2,19,20,22). The average molecular weight is 513 g/mol. The van der Waals surface area contributed by atoms with E-state index < -0.39 is 6.03 Å². The van der Waals surface area contributed by atoms with Crippen LogP contribution in [0.2, 0.25) is 5.02 Å². The van der Waals surface area contributed by atoms with Gasteiger partial charge in [-0.3, -0.25) is 0 Å². The molecule has 0 bridgehead atoms. The number of nitrogens with one attached hydrogen (secondary N) is 2. The second kappa shape index (κ2) is 7.79. The maximum Gasteiger partial charge on any atom is 0.323 e. The molecule has 0 aliphatic carbocycles. The Hall–Kier alpha value is -0.600. The SMILES string of the molecule is O=C(Nc1cc(Cl)cc(Br)c1)Nc1cc(Br)cc(Br)c1CO. The summed E-state index contributed by atoms with van der Waals surface area (Å²) in [6.07, 6.45) is 0. The summed E-state index contributed by atoms with van der Waals surface area (Å²) < 4.78 is 2.24. The highest BCUT2D eigenvalue weighted by Crippen LogP contribution is 2.30. The zero-order valence-corrected chi connectivity index (χ0v) is 16.5. The van der Waals surface area contributed by atoms with Gasteiger partial charge in [0.1, 0.15) is 0 Å². The molecule has 0 spiro atoms. The fourth-order valence-corrected chi connectivity index (χ4v) is 4.00. The summed E-state index contributed by atoms with van der Waals surface area (Å²) >= 11 is 15.9. The molecule has 4 nitrogen and oxygen atoms in total. The normalized spacial score (nSPS) is 10.4. The summed E-state index contributed by atoms with van der Waals surface area (Å²) in [4.78, 5) is 12.1. The van der Waals surface area contributed by atoms with E-state index >= 15 is 0 Å². The Morgan fingerprint density at radius 2 is 1.73 bits per heavy atom. The van der Waals surface area contributed by atoms with Gasteiger partial charge in [0, 0.05) is 29.7 Å². The van der Waals surface area contributed by atoms with E-state index in [1.807, 2.05) is 0 Å². The van der Waals surface area contributed by atoms with Crippen LogP contribution < -0.4 is 10.6 Å². The Labute approximate surface area is 157 Å². The number of rotatable bonds is 3. The largest absolute Gasteiger partial charge is 0.392 e. The van der Waals surface area contributed by atoms with E-state index in [0.29, 0.717) is 26.4 Å². The minimum absolute atomic E-state index is 0.202. The summed E-state index contributed by atoms with van der Waals surface area (Å²) in [5.41, 5.74) is 1.64. The second-order valence-electron chi connectivity index (χ2n) is 4.31. The molecule has 116 valence electrons. The molecule has 2 aromatic rings. The third kappa shape index (κ3) is 4.70. The highest BCUT2D eigenvalue weighted by molar-refractivity contribution is 9.11. The van der Waals surface area contributed by atoms with E-state index in [9.17, 15) is 9.90 Å². The maximum atomic E-state index is 12.1. The quantitative estimate of drug-likeness (QED) is 0.489. The summed E-state index contributed by atoms with van der Waals surface area (Å²) in [5.74, 6) is 0. The van der Waals surface area contributed by atoms with Gasteiger partial charge >= 0.3 is 6.03 Å². The van der Waals surface area contributed by atoms with Crippen molar-refractivity contribution in [2.24, 2.45) is 0 Å². The van der Waals surface area contributed by atoms with Crippen LogP contribution in [0.25, 0.3) is 0 Å². The van der Waals surface area contributed by atoms with Crippen LogP contribution in [0.5, 0.6) is 0 Å². The number of carbonyl (C=O) groups is 1. The number of benzene rings is 2. The Bertz CT molecular complexity index is 705. The van der Waals surface area contributed by atoms with Gasteiger partial charge in [-0.1, -0.05) is 59.4 Å². The average Bonchev–Trinajstić information content (AvgIpc) is 2.36. The van der Waals surface area contributed by atoms with Crippen LogP contribution in [0, 0.1) is 0 Å². The fourth-order valence-electron chi connectivity index (χ4n) is 1.79. The number of anilines is 2. The van der Waals surface area contributed by atoms with Crippen molar-refractivity contribution in [1.29, 1.82) is 0 Å². The van der Waals surface area contributed by atoms with Crippen molar-refractivity contribution in [1.82, 2.24) is 0 Å². The Balaban J connectivity index is 2.19. The lowest BCUT2D eigenvalue weighted by atomic mass is 10.2. The monoisotopic (exact) mass is 510 g/mol. The van der Waals surface area contributed by atoms with Gasteiger partial charge in [0.2, 0.25) is 0 Å². The third-order valence-corrected chi connectivity index (χ3v) is 4.53.